The number of hydrogen-bond acceptors (Lipinski definition) is 4. The third kappa shape index (κ3) is 9.72. The van der Waals surface area contributed by atoms with E-state index in [2.05, 4.69) is 459 Å². The van der Waals surface area contributed by atoms with Gasteiger partial charge in [-0.3, -0.25) is 0 Å². The molecule has 6 heteroatoms. The van der Waals surface area contributed by atoms with E-state index >= 15 is 0 Å². The number of hydrogen-bond donors (Lipinski definition) is 0. The minimum atomic E-state index is -0.619. The van der Waals surface area contributed by atoms with Crippen molar-refractivity contribution in [3.05, 3.63) is 479 Å². The molecule has 0 saturated carbocycles. The van der Waals surface area contributed by atoms with Gasteiger partial charge in [-0.05, 0) is 204 Å². The second-order valence-corrected chi connectivity index (χ2v) is 35.5. The Kier molecular flexibility index (Phi) is 15.2. The highest BCUT2D eigenvalue weighted by Gasteiger charge is 2.53. The molecule has 4 aliphatic heterocycles. The highest BCUT2D eigenvalue weighted by atomic mass is 32.2. The third-order valence-electron chi connectivity index (χ3n) is 27.7. The van der Waals surface area contributed by atoms with Crippen molar-refractivity contribution < 1.29 is 4.74 Å². The summed E-state index contributed by atoms with van der Waals surface area (Å²) in [5.74, 6) is 1.78. The van der Waals surface area contributed by atoms with Gasteiger partial charge in [0.1, 0.15) is 11.5 Å². The number of anilines is 6. The summed E-state index contributed by atoms with van der Waals surface area (Å²) >= 11 is 1.92. The molecule has 6 aliphatic rings. The minimum absolute atomic E-state index is 0.0882. The second-order valence-electron chi connectivity index (χ2n) is 34.4. The Bertz CT molecular complexity index is 7320. The van der Waals surface area contributed by atoms with E-state index in [0.717, 1.165) is 67.9 Å². The van der Waals surface area contributed by atoms with Gasteiger partial charge in [0.05, 0.1) is 44.3 Å². The molecular weight excluding hydrogens is 1500 g/mol. The highest BCUT2D eigenvalue weighted by molar-refractivity contribution is 7.99. The molecule has 122 heavy (non-hydrogen) atoms. The van der Waals surface area contributed by atoms with Crippen molar-refractivity contribution in [2.24, 2.45) is 0 Å². The van der Waals surface area contributed by atoms with Gasteiger partial charge >= 0.3 is 0 Å². The maximum atomic E-state index is 7.14. The smallest absolute Gasteiger partial charge is 0.140 e. The lowest BCUT2D eigenvalue weighted by Gasteiger charge is -2.45. The van der Waals surface area contributed by atoms with E-state index in [1.165, 1.54) is 154 Å². The van der Waals surface area contributed by atoms with Crippen LogP contribution in [0.2, 0.25) is 0 Å². The molecule has 2 aromatic heterocycles. The lowest BCUT2D eigenvalue weighted by atomic mass is 9.61. The Labute approximate surface area is 713 Å². The fraction of sp³-hybridized carbons (Fsp3) is 0.0690. The zero-order valence-corrected chi connectivity index (χ0v) is 68.7. The molecule has 0 bridgehead atoms. The van der Waals surface area contributed by atoms with Gasteiger partial charge in [-0.15, -0.1) is 0 Å². The van der Waals surface area contributed by atoms with E-state index in [4.69, 9.17) is 4.74 Å². The molecule has 20 aromatic rings. The first-order valence-corrected chi connectivity index (χ1v) is 43.4. The first-order chi connectivity index (χ1) is 60.1. The summed E-state index contributed by atoms with van der Waals surface area (Å²) in [4.78, 5) is 7.39. The predicted molar refractivity (Wildman–Crippen MR) is 505 cm³/mol. The Balaban J connectivity index is 0.000000134. The van der Waals surface area contributed by atoms with Crippen LogP contribution in [-0.2, 0) is 21.7 Å². The van der Waals surface area contributed by atoms with Crippen LogP contribution in [0.1, 0.15) is 94.5 Å². The van der Waals surface area contributed by atoms with Crippen LogP contribution in [0.4, 0.5) is 34.1 Å². The molecule has 2 atom stereocenters. The maximum absolute atomic E-state index is 7.14. The van der Waals surface area contributed by atoms with Gasteiger partial charge in [-0.25, -0.2) is 0 Å². The summed E-state index contributed by atoms with van der Waals surface area (Å²) in [6.45, 7) is 9.41. The maximum Gasteiger partial charge on any atom is 0.140 e. The zero-order chi connectivity index (χ0) is 80.9. The molecule has 2 spiro atoms. The molecule has 2 unspecified atom stereocenters. The Morgan fingerprint density at radius 2 is 0.607 bits per heavy atom. The third-order valence-corrected chi connectivity index (χ3v) is 28.9. The molecule has 0 fully saturated rings. The minimum Gasteiger partial charge on any atom is -0.456 e. The van der Waals surface area contributed by atoms with Crippen LogP contribution in [0.25, 0.3) is 99.5 Å². The topological polar surface area (TPSA) is 25.6 Å². The van der Waals surface area contributed by atoms with Crippen LogP contribution in [0.15, 0.2) is 422 Å². The van der Waals surface area contributed by atoms with Crippen molar-refractivity contribution in [1.82, 2.24) is 9.13 Å². The summed E-state index contributed by atoms with van der Waals surface area (Å²) in [5, 5.41) is 5.11. The van der Waals surface area contributed by atoms with Crippen LogP contribution in [0, 0.1) is 0 Å². The summed E-state index contributed by atoms with van der Waals surface area (Å²) in [6, 6.07) is 153. The van der Waals surface area contributed by atoms with Crippen molar-refractivity contribution in [2.75, 3.05) is 9.80 Å². The average Bonchev–Trinajstić information content (AvgIpc) is 1.29. The van der Waals surface area contributed by atoms with Gasteiger partial charge < -0.3 is 23.7 Å². The molecule has 18 aromatic carbocycles. The summed E-state index contributed by atoms with van der Waals surface area (Å²) in [6.07, 6.45) is 0. The highest BCUT2D eigenvalue weighted by Crippen LogP contribution is 2.65. The van der Waals surface area contributed by atoms with Gasteiger partial charge in [0.15, 0.2) is 0 Å². The number of rotatable bonds is 8. The molecule has 0 N–H and O–H groups in total. The number of nitrogens with zero attached hydrogens (tertiary/aromatic N) is 4. The second kappa shape index (κ2) is 26.4. The van der Waals surface area contributed by atoms with Crippen molar-refractivity contribution >= 4 is 89.5 Å². The van der Waals surface area contributed by atoms with E-state index in [-0.39, 0.29) is 10.8 Å². The number of benzene rings is 18. The quantitative estimate of drug-likeness (QED) is 0.151. The van der Waals surface area contributed by atoms with Gasteiger partial charge in [0.25, 0.3) is 0 Å². The molecule has 26 rings (SSSR count). The fourth-order valence-electron chi connectivity index (χ4n) is 22.4. The molecule has 0 radical (unpaired) electrons. The average molecular weight is 1580 g/mol. The van der Waals surface area contributed by atoms with E-state index in [1.807, 2.05) is 11.8 Å². The van der Waals surface area contributed by atoms with Gasteiger partial charge in [-0.1, -0.05) is 343 Å². The van der Waals surface area contributed by atoms with E-state index < -0.39 is 10.8 Å². The Hall–Kier alpha value is -14.7. The van der Waals surface area contributed by atoms with Crippen LogP contribution >= 0.6 is 11.8 Å². The number of para-hydroxylation sites is 10. The summed E-state index contributed by atoms with van der Waals surface area (Å²) < 4.78 is 12.1. The zero-order valence-electron chi connectivity index (χ0n) is 67.9. The van der Waals surface area contributed by atoms with Crippen molar-refractivity contribution in [1.29, 1.82) is 0 Å². The molecule has 0 amide bonds. The van der Waals surface area contributed by atoms with Crippen molar-refractivity contribution in [3.63, 3.8) is 0 Å². The first-order valence-electron chi connectivity index (χ1n) is 42.5. The number of aromatic nitrogens is 2. The number of ether oxygens (including phenoxy) is 1. The van der Waals surface area contributed by atoms with Gasteiger partial charge in [0.2, 0.25) is 0 Å². The van der Waals surface area contributed by atoms with E-state index in [0.29, 0.717) is 0 Å². The van der Waals surface area contributed by atoms with Crippen molar-refractivity contribution in [3.8, 4) is 67.4 Å². The van der Waals surface area contributed by atoms with Crippen molar-refractivity contribution in [2.45, 2.75) is 59.1 Å². The standard InChI is InChI=1S/C58H40N2O.C58H40N2S/c2*1-57(2)46-22-8-6-18-42(46)43-35-34-40(36-51(43)57)59(38-16-4-3-5-17-38)39-32-30-37(31-33-39)41-20-14-26-50-56(41)61-54-29-13-10-24-48(54)58(50)47-23-9-12-28-53(47)60-52-27-11-7-19-44(52)45-21-15-25-49(58)55(45)60/h2*3-36H,1-2H3. The monoisotopic (exact) mass is 1580 g/mol. The SMILES string of the molecule is CC1(C)c2ccccc2-c2ccc(N(c3ccccc3)c3ccc(-c4cccc5c4Oc4ccccc4C54c5ccccc5-n5c6ccccc6c6cccc4c65)cc3)cc21.CC1(C)c2ccccc2-c2ccc(N(c3ccccc3)c3ccc(-c4cccc5c4Sc4ccccc4C54c5ccccc5-n5c6ccccc6c6cccc4c65)cc3)cc21. The van der Waals surface area contributed by atoms with Crippen LogP contribution < -0.4 is 14.5 Å². The molecule has 5 nitrogen and oxygen atoms in total. The molecule has 576 valence electrons. The molecule has 0 saturated heterocycles. The fourth-order valence-corrected chi connectivity index (χ4v) is 23.8. The van der Waals surface area contributed by atoms with Gasteiger partial charge in [0, 0.05) is 93.0 Å². The van der Waals surface area contributed by atoms with Crippen LogP contribution in [0.3, 0.4) is 0 Å². The van der Waals surface area contributed by atoms with Crippen LogP contribution in [0.5, 0.6) is 11.5 Å². The lowest BCUT2D eigenvalue weighted by molar-refractivity contribution is 0.435. The molecule has 2 aliphatic carbocycles. The Morgan fingerprint density at radius 1 is 0.246 bits per heavy atom. The molecule has 6 heterocycles. The lowest BCUT2D eigenvalue weighted by Crippen LogP contribution is -2.37. The van der Waals surface area contributed by atoms with E-state index in [1.54, 1.807) is 0 Å². The normalized spacial score (nSPS) is 16.1. The Morgan fingerprint density at radius 3 is 1.15 bits per heavy atom. The first kappa shape index (κ1) is 70.3. The summed E-state index contributed by atoms with van der Waals surface area (Å²) in [7, 11) is 0. The molecular formula is C116H80N4OS. The summed E-state index contributed by atoms with van der Waals surface area (Å²) in [5.41, 5.74) is 38.5. The number of fused-ring (bicyclic) bond motifs is 28. The van der Waals surface area contributed by atoms with Gasteiger partial charge in [-0.2, -0.15) is 0 Å². The predicted octanol–water partition coefficient (Wildman–Crippen LogP) is 30.4. The largest absolute Gasteiger partial charge is 0.456 e. The van der Waals surface area contributed by atoms with E-state index in [9.17, 15) is 0 Å². The van der Waals surface area contributed by atoms with Crippen LogP contribution in [-0.4, -0.2) is 9.13 Å².